The van der Waals surface area contributed by atoms with Crippen molar-refractivity contribution in [3.05, 3.63) is 76.7 Å². The predicted octanol–water partition coefficient (Wildman–Crippen LogP) is 3.26. The molecule has 1 amide bonds. The zero-order chi connectivity index (χ0) is 21.4. The molecular formula is C22H20ClNO5S. The monoisotopic (exact) mass is 445 g/mol. The molecule has 2 aromatic carbocycles. The molecule has 1 heterocycles. The van der Waals surface area contributed by atoms with Crippen molar-refractivity contribution in [1.29, 1.82) is 0 Å². The lowest BCUT2D eigenvalue weighted by molar-refractivity contribution is -0.150. The highest BCUT2D eigenvalue weighted by Crippen LogP contribution is 2.49. The molecule has 30 heavy (non-hydrogen) atoms. The van der Waals surface area contributed by atoms with E-state index in [-0.39, 0.29) is 5.75 Å². The van der Waals surface area contributed by atoms with Gasteiger partial charge in [-0.3, -0.25) is 9.59 Å². The first-order chi connectivity index (χ1) is 14.3. The molecule has 0 spiro atoms. The number of hydrogen-bond acceptors (Lipinski definition) is 5. The van der Waals surface area contributed by atoms with Crippen molar-refractivity contribution >= 4 is 39.0 Å². The zero-order valence-electron chi connectivity index (χ0n) is 16.0. The van der Waals surface area contributed by atoms with Gasteiger partial charge in [-0.05, 0) is 48.7 Å². The van der Waals surface area contributed by atoms with E-state index in [1.54, 1.807) is 54.6 Å². The maximum Gasteiger partial charge on any atom is 0.317 e. The maximum atomic E-state index is 13.0. The Bertz CT molecular complexity index is 1090. The number of para-hydroxylation sites is 1. The van der Waals surface area contributed by atoms with Crippen LogP contribution in [0.1, 0.15) is 18.4 Å². The largest absolute Gasteiger partial charge is 0.455 e. The van der Waals surface area contributed by atoms with Crippen molar-refractivity contribution in [2.75, 3.05) is 17.3 Å². The third kappa shape index (κ3) is 4.13. The number of hydrogen-bond donors (Lipinski definition) is 0. The van der Waals surface area contributed by atoms with E-state index in [2.05, 4.69) is 0 Å². The minimum absolute atomic E-state index is 0.198. The lowest BCUT2D eigenvalue weighted by Crippen LogP contribution is -2.44. The van der Waals surface area contributed by atoms with Crippen LogP contribution < -0.4 is 4.90 Å². The van der Waals surface area contributed by atoms with Crippen LogP contribution in [0.2, 0.25) is 5.02 Å². The summed E-state index contributed by atoms with van der Waals surface area (Å²) in [5.74, 6) is -1.13. The second-order valence-corrected chi connectivity index (χ2v) is 9.86. The smallest absolute Gasteiger partial charge is 0.317 e. The van der Waals surface area contributed by atoms with Crippen LogP contribution in [0.15, 0.2) is 66.1 Å². The molecule has 1 unspecified atom stereocenters. The topological polar surface area (TPSA) is 80.8 Å². The number of ether oxygens (including phenoxy) is 1. The summed E-state index contributed by atoms with van der Waals surface area (Å²) in [7, 11) is -3.36. The molecule has 0 N–H and O–H groups in total. The molecule has 0 saturated heterocycles. The Kier molecular flexibility index (Phi) is 5.42. The fraction of sp³-hybridized carbons (Fsp3) is 0.273. The highest BCUT2D eigenvalue weighted by atomic mass is 35.5. The summed E-state index contributed by atoms with van der Waals surface area (Å²) < 4.78 is 29.1. The lowest BCUT2D eigenvalue weighted by Gasteiger charge is -2.27. The summed E-state index contributed by atoms with van der Waals surface area (Å²) in [5, 5.41) is 1.70. The molecule has 1 aliphatic carbocycles. The van der Waals surface area contributed by atoms with Crippen LogP contribution >= 0.6 is 11.6 Å². The van der Waals surface area contributed by atoms with E-state index in [1.165, 1.54) is 11.0 Å². The Morgan fingerprint density at radius 2 is 1.73 bits per heavy atom. The fourth-order valence-corrected chi connectivity index (χ4v) is 5.06. The Morgan fingerprint density at radius 1 is 1.07 bits per heavy atom. The van der Waals surface area contributed by atoms with Crippen LogP contribution in [-0.2, 0) is 29.6 Å². The summed E-state index contributed by atoms with van der Waals surface area (Å²) in [6, 6.07) is 15.1. The number of nitrogens with zero attached hydrogens (tertiary/aromatic N) is 1. The van der Waals surface area contributed by atoms with Crippen molar-refractivity contribution in [3.8, 4) is 0 Å². The van der Waals surface area contributed by atoms with Crippen molar-refractivity contribution in [2.45, 2.75) is 24.3 Å². The van der Waals surface area contributed by atoms with Gasteiger partial charge in [-0.1, -0.05) is 41.9 Å². The van der Waals surface area contributed by atoms with Crippen LogP contribution in [0.3, 0.4) is 0 Å². The van der Waals surface area contributed by atoms with Crippen LogP contribution in [0.25, 0.3) is 0 Å². The van der Waals surface area contributed by atoms with Gasteiger partial charge in [-0.25, -0.2) is 8.42 Å². The normalized spacial score (nSPS) is 20.5. The first kappa shape index (κ1) is 20.6. The van der Waals surface area contributed by atoms with Crippen LogP contribution in [0.5, 0.6) is 0 Å². The Morgan fingerprint density at radius 3 is 2.30 bits per heavy atom. The standard InChI is InChI=1S/C22H20ClNO5S/c23-17-8-6-16(7-9-17)22(11-12-22)21(26)29-14-20(25)24(18-4-2-1-3-5-18)19-10-13-30(27,28)15-19/h1-10,13,19H,11-12,14-15H2. The van der Waals surface area contributed by atoms with Gasteiger partial charge in [-0.2, -0.15) is 0 Å². The van der Waals surface area contributed by atoms with Crippen LogP contribution in [-0.4, -0.2) is 38.7 Å². The van der Waals surface area contributed by atoms with E-state index < -0.39 is 39.8 Å². The van der Waals surface area contributed by atoms with Crippen molar-refractivity contribution in [1.82, 2.24) is 0 Å². The van der Waals surface area contributed by atoms with Gasteiger partial charge in [0, 0.05) is 16.1 Å². The third-order valence-corrected chi connectivity index (χ3v) is 7.04. The predicted molar refractivity (Wildman–Crippen MR) is 114 cm³/mol. The van der Waals surface area contributed by atoms with Gasteiger partial charge in [-0.15, -0.1) is 0 Å². The number of carbonyl (C=O) groups excluding carboxylic acids is 2. The van der Waals surface area contributed by atoms with Gasteiger partial charge < -0.3 is 9.64 Å². The van der Waals surface area contributed by atoms with E-state index >= 15 is 0 Å². The summed E-state index contributed by atoms with van der Waals surface area (Å²) in [6.07, 6.45) is 2.78. The molecule has 1 fully saturated rings. The number of rotatable bonds is 6. The highest BCUT2D eigenvalue weighted by Gasteiger charge is 2.53. The number of halogens is 1. The minimum atomic E-state index is -3.36. The van der Waals surface area contributed by atoms with Gasteiger partial charge in [0.05, 0.1) is 17.2 Å². The number of esters is 1. The van der Waals surface area contributed by atoms with Crippen molar-refractivity contribution in [2.24, 2.45) is 0 Å². The summed E-state index contributed by atoms with van der Waals surface area (Å²) in [4.78, 5) is 27.1. The molecule has 1 atom stereocenters. The molecule has 0 bridgehead atoms. The van der Waals surface area contributed by atoms with E-state index in [4.69, 9.17) is 16.3 Å². The van der Waals surface area contributed by atoms with Gasteiger partial charge in [0.25, 0.3) is 5.91 Å². The number of carbonyl (C=O) groups is 2. The minimum Gasteiger partial charge on any atom is -0.455 e. The zero-order valence-corrected chi connectivity index (χ0v) is 17.6. The second-order valence-electron chi connectivity index (χ2n) is 7.49. The fourth-order valence-electron chi connectivity index (χ4n) is 3.67. The quantitative estimate of drug-likeness (QED) is 0.637. The molecule has 6 nitrogen and oxygen atoms in total. The SMILES string of the molecule is O=C(COC(=O)C1(c2ccc(Cl)cc2)CC1)N(c1ccccc1)C1C=CS(=O)(=O)C1. The third-order valence-electron chi connectivity index (χ3n) is 5.41. The first-order valence-electron chi connectivity index (χ1n) is 9.52. The number of amides is 1. The lowest BCUT2D eigenvalue weighted by atomic mass is 9.96. The second kappa shape index (κ2) is 7.89. The van der Waals surface area contributed by atoms with Crippen molar-refractivity contribution in [3.63, 3.8) is 0 Å². The Hall–Kier alpha value is -2.64. The maximum absolute atomic E-state index is 13.0. The molecule has 156 valence electrons. The van der Waals surface area contributed by atoms with Crippen LogP contribution in [0.4, 0.5) is 5.69 Å². The number of anilines is 1. The van der Waals surface area contributed by atoms with Gasteiger partial charge >= 0.3 is 5.97 Å². The van der Waals surface area contributed by atoms with E-state index in [1.807, 2.05) is 0 Å². The average Bonchev–Trinajstić information content (AvgIpc) is 3.46. The highest BCUT2D eigenvalue weighted by molar-refractivity contribution is 7.94. The molecule has 2 aliphatic rings. The van der Waals surface area contributed by atoms with Gasteiger partial charge in [0.2, 0.25) is 0 Å². The van der Waals surface area contributed by atoms with E-state index in [0.717, 1.165) is 11.0 Å². The molecule has 0 radical (unpaired) electrons. The average molecular weight is 446 g/mol. The molecule has 0 aromatic heterocycles. The summed E-state index contributed by atoms with van der Waals surface area (Å²) >= 11 is 5.93. The molecular weight excluding hydrogens is 426 g/mol. The molecule has 1 saturated carbocycles. The van der Waals surface area contributed by atoms with E-state index in [9.17, 15) is 18.0 Å². The summed E-state index contributed by atoms with van der Waals surface area (Å²) in [5.41, 5.74) is 0.622. The number of sulfone groups is 1. The van der Waals surface area contributed by atoms with Crippen molar-refractivity contribution < 1.29 is 22.7 Å². The molecule has 2 aromatic rings. The van der Waals surface area contributed by atoms with Crippen LogP contribution in [0, 0.1) is 0 Å². The Balaban J connectivity index is 1.49. The first-order valence-corrected chi connectivity index (χ1v) is 11.6. The molecule has 1 aliphatic heterocycles. The number of benzene rings is 2. The summed E-state index contributed by atoms with van der Waals surface area (Å²) in [6.45, 7) is -0.465. The van der Waals surface area contributed by atoms with Gasteiger partial charge in [0.1, 0.15) is 0 Å². The van der Waals surface area contributed by atoms with Gasteiger partial charge in [0.15, 0.2) is 16.4 Å². The molecule has 8 heteroatoms. The molecule has 4 rings (SSSR count). The Labute approximate surface area is 180 Å². The van der Waals surface area contributed by atoms with E-state index in [0.29, 0.717) is 23.6 Å².